The van der Waals surface area contributed by atoms with Crippen molar-refractivity contribution < 1.29 is 14.3 Å². The molecule has 0 saturated heterocycles. The quantitative estimate of drug-likeness (QED) is 0.514. The molecule has 0 bridgehead atoms. The SMILES string of the molecule is CCOCCCNc1cccc2c1C(=O)c1cccc(NCCN(C)C)c1C2=O. The van der Waals surface area contributed by atoms with Crippen LogP contribution in [0.25, 0.3) is 0 Å². The van der Waals surface area contributed by atoms with E-state index in [0.717, 1.165) is 13.0 Å². The van der Waals surface area contributed by atoms with Crippen molar-refractivity contribution in [1.82, 2.24) is 4.90 Å². The van der Waals surface area contributed by atoms with Crippen molar-refractivity contribution in [2.24, 2.45) is 0 Å². The van der Waals surface area contributed by atoms with E-state index in [1.54, 1.807) is 12.1 Å². The van der Waals surface area contributed by atoms with Gasteiger partial charge in [0.15, 0.2) is 11.6 Å². The number of nitrogens with zero attached hydrogens (tertiary/aromatic N) is 1. The van der Waals surface area contributed by atoms with Crippen molar-refractivity contribution in [3.8, 4) is 0 Å². The molecule has 0 heterocycles. The summed E-state index contributed by atoms with van der Waals surface area (Å²) in [6, 6.07) is 10.8. The average molecular weight is 396 g/mol. The maximum atomic E-state index is 13.3. The number of anilines is 2. The number of benzene rings is 2. The first-order valence-electron chi connectivity index (χ1n) is 10.1. The number of rotatable bonds is 10. The van der Waals surface area contributed by atoms with Crippen LogP contribution in [0.2, 0.25) is 0 Å². The zero-order valence-corrected chi connectivity index (χ0v) is 17.4. The van der Waals surface area contributed by atoms with E-state index in [4.69, 9.17) is 4.74 Å². The smallest absolute Gasteiger partial charge is 0.196 e. The zero-order valence-electron chi connectivity index (χ0n) is 17.4. The summed E-state index contributed by atoms with van der Waals surface area (Å²) in [5.41, 5.74) is 3.27. The molecule has 6 nitrogen and oxygen atoms in total. The molecule has 2 aromatic rings. The minimum Gasteiger partial charge on any atom is -0.384 e. The third kappa shape index (κ3) is 4.66. The minimum absolute atomic E-state index is 0.111. The van der Waals surface area contributed by atoms with E-state index in [-0.39, 0.29) is 11.6 Å². The van der Waals surface area contributed by atoms with Gasteiger partial charge in [-0.3, -0.25) is 9.59 Å². The molecule has 0 aromatic heterocycles. The Labute approximate surface area is 172 Å². The molecule has 2 N–H and O–H groups in total. The van der Waals surface area contributed by atoms with E-state index < -0.39 is 0 Å². The van der Waals surface area contributed by atoms with Gasteiger partial charge in [0.2, 0.25) is 0 Å². The third-order valence-corrected chi connectivity index (χ3v) is 4.93. The van der Waals surface area contributed by atoms with Crippen molar-refractivity contribution in [2.45, 2.75) is 13.3 Å². The Morgan fingerprint density at radius 3 is 1.93 bits per heavy atom. The molecule has 0 unspecified atom stereocenters. The molecular weight excluding hydrogens is 366 g/mol. The zero-order chi connectivity index (χ0) is 20.8. The fraction of sp³-hybridized carbons (Fsp3) is 0.391. The second-order valence-electron chi connectivity index (χ2n) is 7.32. The first kappa shape index (κ1) is 21.0. The Kier molecular flexibility index (Phi) is 7.01. The van der Waals surface area contributed by atoms with Gasteiger partial charge in [-0.15, -0.1) is 0 Å². The molecule has 2 aromatic carbocycles. The molecule has 1 aliphatic rings. The fourth-order valence-electron chi connectivity index (χ4n) is 3.49. The maximum absolute atomic E-state index is 13.3. The Hall–Kier alpha value is -2.70. The van der Waals surface area contributed by atoms with Crippen LogP contribution in [0.15, 0.2) is 36.4 Å². The molecule has 0 atom stereocenters. The lowest BCUT2D eigenvalue weighted by Crippen LogP contribution is -2.26. The van der Waals surface area contributed by atoms with Gasteiger partial charge in [-0.25, -0.2) is 0 Å². The lowest BCUT2D eigenvalue weighted by molar-refractivity contribution is 0.0980. The van der Waals surface area contributed by atoms with Gasteiger partial charge < -0.3 is 20.3 Å². The van der Waals surface area contributed by atoms with Crippen molar-refractivity contribution in [1.29, 1.82) is 0 Å². The Bertz CT molecular complexity index is 893. The molecule has 3 rings (SSSR count). The predicted octanol–water partition coefficient (Wildman–Crippen LogP) is 3.27. The number of carbonyl (C=O) groups excluding carboxylic acids is 2. The number of hydrogen-bond acceptors (Lipinski definition) is 6. The summed E-state index contributed by atoms with van der Waals surface area (Å²) in [5.74, 6) is -0.223. The third-order valence-electron chi connectivity index (χ3n) is 4.93. The number of nitrogens with one attached hydrogen (secondary N) is 2. The maximum Gasteiger partial charge on any atom is 0.196 e. The Morgan fingerprint density at radius 2 is 1.41 bits per heavy atom. The number of carbonyl (C=O) groups is 2. The van der Waals surface area contributed by atoms with Gasteiger partial charge in [0, 0.05) is 55.3 Å². The molecule has 0 fully saturated rings. The van der Waals surface area contributed by atoms with Crippen molar-refractivity contribution in [2.75, 3.05) is 57.6 Å². The van der Waals surface area contributed by atoms with Gasteiger partial charge >= 0.3 is 0 Å². The van der Waals surface area contributed by atoms with Crippen molar-refractivity contribution >= 4 is 22.9 Å². The number of likely N-dealkylation sites (N-methyl/N-ethyl adjacent to an activating group) is 1. The van der Waals surface area contributed by atoms with Gasteiger partial charge in [-0.2, -0.15) is 0 Å². The van der Waals surface area contributed by atoms with E-state index in [9.17, 15) is 9.59 Å². The van der Waals surface area contributed by atoms with Crippen LogP contribution in [0.3, 0.4) is 0 Å². The number of ketones is 2. The van der Waals surface area contributed by atoms with E-state index in [0.29, 0.717) is 59.9 Å². The van der Waals surface area contributed by atoms with Crippen LogP contribution in [-0.2, 0) is 4.74 Å². The monoisotopic (exact) mass is 395 g/mol. The van der Waals surface area contributed by atoms with Crippen LogP contribution in [0, 0.1) is 0 Å². The molecule has 1 aliphatic carbocycles. The van der Waals surface area contributed by atoms with Gasteiger partial charge in [0.25, 0.3) is 0 Å². The molecule has 0 amide bonds. The molecule has 0 radical (unpaired) electrons. The highest BCUT2D eigenvalue weighted by Crippen LogP contribution is 2.35. The van der Waals surface area contributed by atoms with Crippen LogP contribution in [0.4, 0.5) is 11.4 Å². The van der Waals surface area contributed by atoms with Crippen LogP contribution >= 0.6 is 0 Å². The van der Waals surface area contributed by atoms with Crippen LogP contribution in [0.1, 0.15) is 45.2 Å². The summed E-state index contributed by atoms with van der Waals surface area (Å²) >= 11 is 0. The van der Waals surface area contributed by atoms with Crippen LogP contribution in [0.5, 0.6) is 0 Å². The Morgan fingerprint density at radius 1 is 0.862 bits per heavy atom. The highest BCUT2D eigenvalue weighted by Gasteiger charge is 2.33. The second-order valence-corrected chi connectivity index (χ2v) is 7.32. The average Bonchev–Trinajstić information content (AvgIpc) is 2.71. The Balaban J connectivity index is 1.86. The largest absolute Gasteiger partial charge is 0.384 e. The van der Waals surface area contributed by atoms with E-state index in [1.807, 2.05) is 45.3 Å². The molecule has 0 spiro atoms. The number of ether oxygens (including phenoxy) is 1. The van der Waals surface area contributed by atoms with Gasteiger partial charge in [-0.1, -0.05) is 24.3 Å². The molecular formula is C23H29N3O3. The minimum atomic E-state index is -0.112. The van der Waals surface area contributed by atoms with E-state index in [2.05, 4.69) is 15.5 Å². The number of hydrogen-bond donors (Lipinski definition) is 2. The van der Waals surface area contributed by atoms with Gasteiger partial charge in [0.1, 0.15) is 0 Å². The topological polar surface area (TPSA) is 70.7 Å². The van der Waals surface area contributed by atoms with Gasteiger partial charge in [0.05, 0.1) is 11.1 Å². The van der Waals surface area contributed by atoms with Crippen LogP contribution in [-0.4, -0.2) is 63.4 Å². The second kappa shape index (κ2) is 9.67. The summed E-state index contributed by atoms with van der Waals surface area (Å²) in [4.78, 5) is 28.6. The van der Waals surface area contributed by atoms with Crippen LogP contribution < -0.4 is 10.6 Å². The molecule has 6 heteroatoms. The molecule has 154 valence electrons. The highest BCUT2D eigenvalue weighted by molar-refractivity contribution is 6.31. The standard InChI is InChI=1S/C23H29N3O3/c1-4-29-15-7-12-24-18-10-5-8-16-20(18)22(27)17-9-6-11-19(21(17)23(16)28)25-13-14-26(2)3/h5-6,8-11,24-25H,4,7,12-15H2,1-3H3. The van der Waals surface area contributed by atoms with Crippen molar-refractivity contribution in [3.05, 3.63) is 58.7 Å². The summed E-state index contributed by atoms with van der Waals surface area (Å²) in [6.07, 6.45) is 0.830. The lowest BCUT2D eigenvalue weighted by atomic mass is 9.82. The van der Waals surface area contributed by atoms with E-state index >= 15 is 0 Å². The van der Waals surface area contributed by atoms with Gasteiger partial charge in [-0.05, 0) is 39.6 Å². The summed E-state index contributed by atoms with van der Waals surface area (Å²) in [6.45, 7) is 5.52. The predicted molar refractivity (Wildman–Crippen MR) is 116 cm³/mol. The summed E-state index contributed by atoms with van der Waals surface area (Å²) in [7, 11) is 3.99. The molecule has 0 saturated carbocycles. The first-order chi connectivity index (χ1) is 14.0. The summed E-state index contributed by atoms with van der Waals surface area (Å²) < 4.78 is 5.36. The normalized spacial score (nSPS) is 12.7. The lowest BCUT2D eigenvalue weighted by Gasteiger charge is -2.23. The molecule has 0 aliphatic heterocycles. The summed E-state index contributed by atoms with van der Waals surface area (Å²) in [5, 5.41) is 6.61. The highest BCUT2D eigenvalue weighted by atomic mass is 16.5. The molecule has 29 heavy (non-hydrogen) atoms. The fourth-order valence-corrected chi connectivity index (χ4v) is 3.49. The first-order valence-corrected chi connectivity index (χ1v) is 10.1. The van der Waals surface area contributed by atoms with Crippen molar-refractivity contribution in [3.63, 3.8) is 0 Å². The van der Waals surface area contributed by atoms with E-state index in [1.165, 1.54) is 0 Å². The number of fused-ring (bicyclic) bond motifs is 2.